The third-order valence-electron chi connectivity index (χ3n) is 6.72. The first-order valence-electron chi connectivity index (χ1n) is 11.2. The molecule has 1 aliphatic carbocycles. The molecule has 162 valence electrons. The second kappa shape index (κ2) is 10.3. The second-order valence-electron chi connectivity index (χ2n) is 8.79. The molecule has 1 saturated heterocycles. The average molecular weight is 403 g/mol. The van der Waals surface area contributed by atoms with Gasteiger partial charge in [-0.25, -0.2) is 0 Å². The number of amides is 1. The summed E-state index contributed by atoms with van der Waals surface area (Å²) < 4.78 is 5.23. The Hall–Kier alpha value is -1.79. The second-order valence-corrected chi connectivity index (χ2v) is 8.79. The number of anilines is 1. The summed E-state index contributed by atoms with van der Waals surface area (Å²) in [6, 6.07) is 6.14. The molecule has 3 N–H and O–H groups in total. The first-order chi connectivity index (χ1) is 14.0. The maximum absolute atomic E-state index is 12.6. The van der Waals surface area contributed by atoms with Crippen LogP contribution in [0.3, 0.4) is 0 Å². The molecule has 0 bridgehead atoms. The Morgan fingerprint density at radius 2 is 1.90 bits per heavy atom. The minimum absolute atomic E-state index is 0.0367. The highest BCUT2D eigenvalue weighted by molar-refractivity contribution is 5.95. The van der Waals surface area contributed by atoms with Crippen LogP contribution in [0, 0.1) is 5.92 Å². The summed E-state index contributed by atoms with van der Waals surface area (Å²) in [7, 11) is 1.57. The van der Waals surface area contributed by atoms with Crippen molar-refractivity contribution in [1.82, 2.24) is 15.1 Å². The molecule has 1 saturated carbocycles. The number of nitrogen functional groups attached to an aromatic ring is 1. The van der Waals surface area contributed by atoms with Crippen molar-refractivity contribution < 1.29 is 9.53 Å². The number of carbonyl (C=O) groups excluding carboxylic acids is 1. The van der Waals surface area contributed by atoms with E-state index in [0.29, 0.717) is 23.0 Å². The number of benzene rings is 1. The van der Waals surface area contributed by atoms with Crippen molar-refractivity contribution in [3.63, 3.8) is 0 Å². The minimum atomic E-state index is -0.0367. The van der Waals surface area contributed by atoms with E-state index in [1.807, 2.05) is 0 Å². The Bertz CT molecular complexity index is 665. The zero-order valence-electron chi connectivity index (χ0n) is 18.3. The molecule has 0 aromatic heterocycles. The van der Waals surface area contributed by atoms with Crippen LogP contribution in [0.5, 0.6) is 5.75 Å². The van der Waals surface area contributed by atoms with Crippen LogP contribution >= 0.6 is 0 Å². The van der Waals surface area contributed by atoms with Gasteiger partial charge in [0.15, 0.2) is 0 Å². The standard InChI is InChI=1S/C23H38N4O2/c1-4-17(2)16-26-11-13-27(14-12-26)20-8-6-19(7-9-20)25-23(28)18-5-10-21(24)22(15-18)29-3/h5,10,15,17,19-20H,4,6-9,11-14,16,24H2,1-3H3,(H,25,28). The van der Waals surface area contributed by atoms with Crippen LogP contribution in [0.25, 0.3) is 0 Å². The lowest BCUT2D eigenvalue weighted by Gasteiger charge is -2.42. The van der Waals surface area contributed by atoms with Crippen LogP contribution in [0.15, 0.2) is 18.2 Å². The zero-order valence-corrected chi connectivity index (χ0v) is 18.3. The van der Waals surface area contributed by atoms with Gasteiger partial charge >= 0.3 is 0 Å². The summed E-state index contributed by atoms with van der Waals surface area (Å²) >= 11 is 0. The van der Waals surface area contributed by atoms with Gasteiger partial charge in [-0.05, 0) is 49.8 Å². The quantitative estimate of drug-likeness (QED) is 0.686. The van der Waals surface area contributed by atoms with Crippen molar-refractivity contribution in [3.8, 4) is 5.75 Å². The van der Waals surface area contributed by atoms with Gasteiger partial charge in [0.1, 0.15) is 5.75 Å². The number of piperazine rings is 1. The average Bonchev–Trinajstić information content (AvgIpc) is 2.75. The molecule has 6 heteroatoms. The van der Waals surface area contributed by atoms with Crippen LogP contribution in [-0.2, 0) is 0 Å². The van der Waals surface area contributed by atoms with Crippen LogP contribution in [-0.4, -0.2) is 67.6 Å². The highest BCUT2D eigenvalue weighted by Crippen LogP contribution is 2.26. The van der Waals surface area contributed by atoms with Crippen molar-refractivity contribution in [1.29, 1.82) is 0 Å². The molecule has 1 aromatic carbocycles. The number of ether oxygens (including phenoxy) is 1. The molecule has 1 atom stereocenters. The Morgan fingerprint density at radius 3 is 2.52 bits per heavy atom. The minimum Gasteiger partial charge on any atom is -0.495 e. The Kier molecular flexibility index (Phi) is 7.78. The molecule has 1 unspecified atom stereocenters. The number of rotatable bonds is 7. The predicted molar refractivity (Wildman–Crippen MR) is 118 cm³/mol. The fourth-order valence-corrected chi connectivity index (χ4v) is 4.59. The molecule has 6 nitrogen and oxygen atoms in total. The van der Waals surface area contributed by atoms with E-state index in [2.05, 4.69) is 29.0 Å². The number of nitrogens with zero attached hydrogens (tertiary/aromatic N) is 2. The maximum Gasteiger partial charge on any atom is 0.251 e. The molecule has 3 rings (SSSR count). The van der Waals surface area contributed by atoms with Gasteiger partial charge in [-0.2, -0.15) is 0 Å². The molecule has 0 spiro atoms. The summed E-state index contributed by atoms with van der Waals surface area (Å²) in [5.41, 5.74) is 7.00. The smallest absolute Gasteiger partial charge is 0.251 e. The van der Waals surface area contributed by atoms with Crippen molar-refractivity contribution in [3.05, 3.63) is 23.8 Å². The molecular weight excluding hydrogens is 364 g/mol. The van der Waals surface area contributed by atoms with Crippen molar-refractivity contribution in [2.24, 2.45) is 5.92 Å². The highest BCUT2D eigenvalue weighted by Gasteiger charge is 2.29. The van der Waals surface area contributed by atoms with Crippen LogP contribution < -0.4 is 15.8 Å². The topological polar surface area (TPSA) is 70.8 Å². The van der Waals surface area contributed by atoms with E-state index in [-0.39, 0.29) is 11.9 Å². The van der Waals surface area contributed by atoms with E-state index in [9.17, 15) is 4.79 Å². The van der Waals surface area contributed by atoms with Gasteiger partial charge in [0.05, 0.1) is 12.8 Å². The first-order valence-corrected chi connectivity index (χ1v) is 11.2. The zero-order chi connectivity index (χ0) is 20.8. The van der Waals surface area contributed by atoms with Crippen molar-refractivity contribution in [2.75, 3.05) is 45.6 Å². The lowest BCUT2D eigenvalue weighted by atomic mass is 9.89. The van der Waals surface area contributed by atoms with E-state index in [4.69, 9.17) is 10.5 Å². The van der Waals surface area contributed by atoms with Crippen LogP contribution in [0.4, 0.5) is 5.69 Å². The Balaban J connectivity index is 1.42. The lowest BCUT2D eigenvalue weighted by molar-refractivity contribution is 0.0656. The van der Waals surface area contributed by atoms with E-state index in [1.165, 1.54) is 52.0 Å². The summed E-state index contributed by atoms with van der Waals surface area (Å²) in [6.45, 7) is 10.6. The maximum atomic E-state index is 12.6. The van der Waals surface area contributed by atoms with Crippen molar-refractivity contribution >= 4 is 11.6 Å². The third-order valence-corrected chi connectivity index (χ3v) is 6.72. The number of hydrogen-bond donors (Lipinski definition) is 2. The lowest BCUT2D eigenvalue weighted by Crippen LogP contribution is -2.52. The van der Waals surface area contributed by atoms with Crippen molar-refractivity contribution in [2.45, 2.75) is 58.0 Å². The summed E-state index contributed by atoms with van der Waals surface area (Å²) in [4.78, 5) is 17.9. The number of nitrogens with one attached hydrogen (secondary N) is 1. The number of nitrogens with two attached hydrogens (primary N) is 1. The molecule has 0 radical (unpaired) electrons. The number of hydrogen-bond acceptors (Lipinski definition) is 5. The van der Waals surface area contributed by atoms with Gasteiger partial charge in [-0.1, -0.05) is 20.3 Å². The Labute approximate surface area is 175 Å². The SMILES string of the molecule is CCC(C)CN1CCN(C2CCC(NC(=O)c3ccc(N)c(OC)c3)CC2)CC1. The monoisotopic (exact) mass is 402 g/mol. The highest BCUT2D eigenvalue weighted by atomic mass is 16.5. The molecule has 1 heterocycles. The van der Waals surface area contributed by atoms with Gasteiger partial charge < -0.3 is 20.7 Å². The largest absolute Gasteiger partial charge is 0.495 e. The third kappa shape index (κ3) is 5.86. The fraction of sp³-hybridized carbons (Fsp3) is 0.696. The van der Waals surface area contributed by atoms with E-state index < -0.39 is 0 Å². The number of carbonyl (C=O) groups is 1. The summed E-state index contributed by atoms with van der Waals surface area (Å²) in [6.07, 6.45) is 5.70. The van der Waals surface area contributed by atoms with E-state index in [1.54, 1.807) is 25.3 Å². The first kappa shape index (κ1) is 21.9. The molecule has 1 aromatic rings. The molecule has 29 heavy (non-hydrogen) atoms. The summed E-state index contributed by atoms with van der Waals surface area (Å²) in [5, 5.41) is 3.20. The Morgan fingerprint density at radius 1 is 1.21 bits per heavy atom. The van der Waals surface area contributed by atoms with E-state index >= 15 is 0 Å². The van der Waals surface area contributed by atoms with Crippen LogP contribution in [0.1, 0.15) is 56.3 Å². The molecule has 2 aliphatic rings. The normalized spacial score (nSPS) is 24.8. The van der Waals surface area contributed by atoms with Gasteiger partial charge in [-0.3, -0.25) is 9.69 Å². The molecule has 1 aliphatic heterocycles. The molecule has 2 fully saturated rings. The van der Waals surface area contributed by atoms with Gasteiger partial charge in [0, 0.05) is 50.4 Å². The number of methoxy groups -OCH3 is 1. The molecule has 1 amide bonds. The van der Waals surface area contributed by atoms with Gasteiger partial charge in [-0.15, -0.1) is 0 Å². The van der Waals surface area contributed by atoms with Crippen LogP contribution in [0.2, 0.25) is 0 Å². The van der Waals surface area contributed by atoms with E-state index in [0.717, 1.165) is 18.8 Å². The molecular formula is C23H38N4O2. The summed E-state index contributed by atoms with van der Waals surface area (Å²) in [5.74, 6) is 1.31. The van der Waals surface area contributed by atoms with Gasteiger partial charge in [0.25, 0.3) is 5.91 Å². The predicted octanol–water partition coefficient (Wildman–Crippen LogP) is 2.98. The fourth-order valence-electron chi connectivity index (χ4n) is 4.59. The van der Waals surface area contributed by atoms with Gasteiger partial charge in [0.2, 0.25) is 0 Å².